The van der Waals surface area contributed by atoms with Crippen molar-refractivity contribution in [1.82, 2.24) is 16.0 Å². The van der Waals surface area contributed by atoms with E-state index in [2.05, 4.69) is 33.1 Å². The normalized spacial score (nSPS) is 14.0. The maximum atomic E-state index is 11.5. The van der Waals surface area contributed by atoms with Crippen molar-refractivity contribution in [1.29, 1.82) is 0 Å². The Morgan fingerprint density at radius 3 is 2.36 bits per heavy atom. The number of benzene rings is 1. The third-order valence-corrected chi connectivity index (χ3v) is 3.44. The van der Waals surface area contributed by atoms with Gasteiger partial charge in [-0.15, -0.1) is 24.0 Å². The lowest BCUT2D eigenvalue weighted by molar-refractivity contribution is -0.122. The molecule has 0 radical (unpaired) electrons. The molecule has 0 bridgehead atoms. The quantitative estimate of drug-likeness (QED) is 0.274. The predicted molar refractivity (Wildman–Crippen MR) is 101 cm³/mol. The van der Waals surface area contributed by atoms with Crippen LogP contribution in [-0.4, -0.2) is 38.5 Å². The number of carbonyl (C=O) groups is 1. The Balaban J connectivity index is 0.00000242. The van der Waals surface area contributed by atoms with Gasteiger partial charge >= 0.3 is 0 Å². The molecule has 1 aromatic carbocycles. The molecule has 0 aliphatic heterocycles. The van der Waals surface area contributed by atoms with Crippen molar-refractivity contribution in [3.05, 3.63) is 35.9 Å². The van der Waals surface area contributed by atoms with Crippen LogP contribution in [0, 0.1) is 5.92 Å². The number of hydrogen-bond donors (Lipinski definition) is 3. The van der Waals surface area contributed by atoms with Crippen LogP contribution in [0.5, 0.6) is 0 Å². The van der Waals surface area contributed by atoms with Crippen LogP contribution >= 0.6 is 24.0 Å². The van der Waals surface area contributed by atoms with Crippen LogP contribution in [0.2, 0.25) is 0 Å². The summed E-state index contributed by atoms with van der Waals surface area (Å²) in [5.74, 6) is 1.23. The number of nitrogens with one attached hydrogen (secondary N) is 3. The highest BCUT2D eigenvalue weighted by Gasteiger charge is 2.28. The molecule has 1 aliphatic rings. The average Bonchev–Trinajstić information content (AvgIpc) is 3.35. The number of halogens is 1. The fourth-order valence-corrected chi connectivity index (χ4v) is 2.05. The maximum absolute atomic E-state index is 11.5. The molecule has 2 rings (SSSR count). The molecule has 1 aromatic rings. The van der Waals surface area contributed by atoms with Gasteiger partial charge in [0.1, 0.15) is 0 Å². The van der Waals surface area contributed by atoms with Crippen LogP contribution in [0.15, 0.2) is 35.3 Å². The van der Waals surface area contributed by atoms with Gasteiger partial charge in [0.25, 0.3) is 0 Å². The van der Waals surface area contributed by atoms with Crippen molar-refractivity contribution < 1.29 is 4.79 Å². The second-order valence-electron chi connectivity index (χ2n) is 5.23. The number of amides is 1. The summed E-state index contributed by atoms with van der Waals surface area (Å²) in [6.07, 6.45) is 3.05. The lowest BCUT2D eigenvalue weighted by atomic mass is 10.1. The number of nitrogens with zero attached hydrogens (tertiary/aromatic N) is 1. The largest absolute Gasteiger partial charge is 0.356 e. The smallest absolute Gasteiger partial charge is 0.223 e. The lowest BCUT2D eigenvalue weighted by Gasteiger charge is -2.12. The Morgan fingerprint density at radius 2 is 1.73 bits per heavy atom. The number of aliphatic imine (C=N–C) groups is 1. The second kappa shape index (κ2) is 10.4. The van der Waals surface area contributed by atoms with Crippen molar-refractivity contribution in [3.8, 4) is 0 Å². The van der Waals surface area contributed by atoms with Gasteiger partial charge < -0.3 is 16.0 Å². The van der Waals surface area contributed by atoms with Gasteiger partial charge in [-0.25, -0.2) is 0 Å². The van der Waals surface area contributed by atoms with Gasteiger partial charge in [0.2, 0.25) is 5.91 Å². The van der Waals surface area contributed by atoms with Crippen molar-refractivity contribution in [3.63, 3.8) is 0 Å². The zero-order valence-electron chi connectivity index (χ0n) is 13.0. The zero-order chi connectivity index (χ0) is 14.9. The third-order valence-electron chi connectivity index (χ3n) is 3.44. The number of carbonyl (C=O) groups excluding carboxylic acids is 1. The fourth-order valence-electron chi connectivity index (χ4n) is 2.05. The first-order valence-electron chi connectivity index (χ1n) is 7.56. The molecule has 1 amide bonds. The van der Waals surface area contributed by atoms with Gasteiger partial charge in [-0.1, -0.05) is 30.3 Å². The van der Waals surface area contributed by atoms with E-state index >= 15 is 0 Å². The van der Waals surface area contributed by atoms with E-state index in [1.807, 2.05) is 18.2 Å². The van der Waals surface area contributed by atoms with Crippen LogP contribution in [0.3, 0.4) is 0 Å². The third kappa shape index (κ3) is 7.11. The van der Waals surface area contributed by atoms with E-state index in [0.29, 0.717) is 13.1 Å². The van der Waals surface area contributed by atoms with Crippen LogP contribution in [0.4, 0.5) is 0 Å². The number of hydrogen-bond acceptors (Lipinski definition) is 2. The summed E-state index contributed by atoms with van der Waals surface area (Å²) >= 11 is 0. The molecular formula is C16H25IN4O. The van der Waals surface area contributed by atoms with Gasteiger partial charge in [-0.3, -0.25) is 9.79 Å². The Labute approximate surface area is 149 Å². The summed E-state index contributed by atoms with van der Waals surface area (Å²) in [4.78, 5) is 15.6. The molecule has 1 aliphatic carbocycles. The van der Waals surface area contributed by atoms with Crippen LogP contribution in [-0.2, 0) is 11.2 Å². The van der Waals surface area contributed by atoms with E-state index in [-0.39, 0.29) is 35.8 Å². The first kappa shape index (κ1) is 18.7. The summed E-state index contributed by atoms with van der Waals surface area (Å²) < 4.78 is 0. The lowest BCUT2D eigenvalue weighted by Crippen LogP contribution is -2.42. The standard InChI is InChI=1S/C16H24N4O.HI/c1-17-16(19-10-9-13-5-3-2-4-6-13)20-12-11-18-15(21)14-7-8-14;/h2-6,14H,7-12H2,1H3,(H,18,21)(H2,17,19,20);1H. The molecule has 0 unspecified atom stereocenters. The zero-order valence-corrected chi connectivity index (χ0v) is 15.3. The van der Waals surface area contributed by atoms with E-state index in [0.717, 1.165) is 31.8 Å². The molecule has 0 heterocycles. The maximum Gasteiger partial charge on any atom is 0.223 e. The van der Waals surface area contributed by atoms with Crippen molar-refractivity contribution in [2.24, 2.45) is 10.9 Å². The summed E-state index contributed by atoms with van der Waals surface area (Å²) in [7, 11) is 1.75. The molecule has 5 nitrogen and oxygen atoms in total. The Morgan fingerprint density at radius 1 is 1.09 bits per heavy atom. The van der Waals surface area contributed by atoms with E-state index in [1.165, 1.54) is 5.56 Å². The van der Waals surface area contributed by atoms with Crippen molar-refractivity contribution >= 4 is 35.8 Å². The molecule has 6 heteroatoms. The molecule has 0 atom stereocenters. The molecule has 122 valence electrons. The molecule has 0 spiro atoms. The highest BCUT2D eigenvalue weighted by molar-refractivity contribution is 14.0. The van der Waals surface area contributed by atoms with Gasteiger partial charge in [0.05, 0.1) is 0 Å². The van der Waals surface area contributed by atoms with Gasteiger partial charge in [0.15, 0.2) is 5.96 Å². The molecule has 3 N–H and O–H groups in total. The first-order chi connectivity index (χ1) is 10.3. The van der Waals surface area contributed by atoms with Gasteiger partial charge in [-0.05, 0) is 24.8 Å². The van der Waals surface area contributed by atoms with E-state index in [4.69, 9.17) is 0 Å². The Kier molecular flexibility index (Phi) is 8.88. The fraction of sp³-hybridized carbons (Fsp3) is 0.500. The molecular weight excluding hydrogens is 391 g/mol. The van der Waals surface area contributed by atoms with E-state index < -0.39 is 0 Å². The Hall–Kier alpha value is -1.31. The Bertz CT molecular complexity index is 474. The van der Waals surface area contributed by atoms with Crippen molar-refractivity contribution in [2.75, 3.05) is 26.7 Å². The first-order valence-corrected chi connectivity index (χ1v) is 7.56. The van der Waals surface area contributed by atoms with Gasteiger partial charge in [0, 0.05) is 32.6 Å². The topological polar surface area (TPSA) is 65.5 Å². The minimum Gasteiger partial charge on any atom is -0.356 e. The van der Waals surface area contributed by atoms with E-state index in [1.54, 1.807) is 7.05 Å². The monoisotopic (exact) mass is 416 g/mol. The summed E-state index contributed by atoms with van der Waals surface area (Å²) in [6.45, 7) is 2.15. The minimum absolute atomic E-state index is 0. The van der Waals surface area contributed by atoms with Crippen LogP contribution in [0.1, 0.15) is 18.4 Å². The summed E-state index contributed by atoms with van der Waals surface area (Å²) in [5.41, 5.74) is 1.30. The number of guanidine groups is 1. The summed E-state index contributed by atoms with van der Waals surface area (Å²) in [5, 5.41) is 9.38. The molecule has 0 saturated heterocycles. The SMILES string of the molecule is CN=C(NCCNC(=O)C1CC1)NCCc1ccccc1.I. The molecule has 1 saturated carbocycles. The summed E-state index contributed by atoms with van der Waals surface area (Å²) in [6, 6.07) is 10.3. The predicted octanol–water partition coefficient (Wildman–Crippen LogP) is 1.54. The van der Waals surface area contributed by atoms with Crippen LogP contribution in [0.25, 0.3) is 0 Å². The van der Waals surface area contributed by atoms with Crippen molar-refractivity contribution in [2.45, 2.75) is 19.3 Å². The average molecular weight is 416 g/mol. The molecule has 1 fully saturated rings. The second-order valence-corrected chi connectivity index (χ2v) is 5.23. The highest BCUT2D eigenvalue weighted by Crippen LogP contribution is 2.28. The van der Waals surface area contributed by atoms with Crippen LogP contribution < -0.4 is 16.0 Å². The molecule has 0 aromatic heterocycles. The number of rotatable bonds is 7. The highest BCUT2D eigenvalue weighted by atomic mass is 127. The minimum atomic E-state index is 0. The van der Waals surface area contributed by atoms with Gasteiger partial charge in [-0.2, -0.15) is 0 Å². The molecule has 22 heavy (non-hydrogen) atoms. The van der Waals surface area contributed by atoms with E-state index in [9.17, 15) is 4.79 Å².